The van der Waals surface area contributed by atoms with Crippen molar-refractivity contribution in [1.82, 2.24) is 15.1 Å². The number of nitrogens with zero attached hydrogens (tertiary/aromatic N) is 2. The molecule has 3 rings (SSSR count). The Balaban J connectivity index is 1.61. The summed E-state index contributed by atoms with van der Waals surface area (Å²) in [6.45, 7) is 7.61. The lowest BCUT2D eigenvalue weighted by Gasteiger charge is -2.41. The highest BCUT2D eigenvalue weighted by Crippen LogP contribution is 2.31. The number of rotatable bonds is 7. The number of benzene rings is 1. The molecular formula is C23H34FN3O2. The summed E-state index contributed by atoms with van der Waals surface area (Å²) >= 11 is 0. The Kier molecular flexibility index (Phi) is 7.64. The maximum absolute atomic E-state index is 13.1. The molecule has 2 unspecified atom stereocenters. The van der Waals surface area contributed by atoms with Gasteiger partial charge in [0.15, 0.2) is 0 Å². The summed E-state index contributed by atoms with van der Waals surface area (Å²) in [7, 11) is 0. The van der Waals surface area contributed by atoms with Crippen LogP contribution in [-0.4, -0.2) is 60.4 Å². The number of carbonyl (C=O) groups is 2. The fourth-order valence-corrected chi connectivity index (χ4v) is 4.45. The topological polar surface area (TPSA) is 52.7 Å². The van der Waals surface area contributed by atoms with Crippen molar-refractivity contribution in [1.29, 1.82) is 0 Å². The van der Waals surface area contributed by atoms with Gasteiger partial charge in [-0.1, -0.05) is 33.1 Å². The second kappa shape index (κ2) is 10.2. The molecule has 1 aromatic rings. The van der Waals surface area contributed by atoms with E-state index in [4.69, 9.17) is 0 Å². The number of hydrogen-bond acceptors (Lipinski definition) is 3. The molecule has 1 saturated heterocycles. The Hall–Kier alpha value is -1.95. The molecule has 1 aromatic carbocycles. The first kappa shape index (κ1) is 21.8. The van der Waals surface area contributed by atoms with Gasteiger partial charge >= 0.3 is 0 Å². The number of amides is 2. The van der Waals surface area contributed by atoms with Gasteiger partial charge in [0.25, 0.3) is 5.91 Å². The van der Waals surface area contributed by atoms with E-state index < -0.39 is 0 Å². The maximum atomic E-state index is 13.1. The summed E-state index contributed by atoms with van der Waals surface area (Å²) in [4.78, 5) is 29.8. The van der Waals surface area contributed by atoms with Gasteiger partial charge in [-0.2, -0.15) is 0 Å². The van der Waals surface area contributed by atoms with Crippen LogP contribution in [0.25, 0.3) is 0 Å². The van der Waals surface area contributed by atoms with Gasteiger partial charge in [-0.25, -0.2) is 4.39 Å². The van der Waals surface area contributed by atoms with Crippen LogP contribution >= 0.6 is 0 Å². The van der Waals surface area contributed by atoms with Crippen molar-refractivity contribution in [3.05, 3.63) is 35.6 Å². The van der Waals surface area contributed by atoms with Crippen LogP contribution in [0.5, 0.6) is 0 Å². The smallest absolute Gasteiger partial charge is 0.253 e. The molecule has 0 spiro atoms. The van der Waals surface area contributed by atoms with Gasteiger partial charge in [-0.3, -0.25) is 14.5 Å². The third-order valence-corrected chi connectivity index (χ3v) is 6.52. The zero-order valence-electron chi connectivity index (χ0n) is 17.7. The van der Waals surface area contributed by atoms with Crippen LogP contribution in [0.4, 0.5) is 4.39 Å². The molecule has 1 aliphatic carbocycles. The molecular weight excluding hydrogens is 369 g/mol. The van der Waals surface area contributed by atoms with Gasteiger partial charge in [-0.15, -0.1) is 0 Å². The second-order valence-electron chi connectivity index (χ2n) is 8.58. The zero-order valence-corrected chi connectivity index (χ0v) is 17.7. The van der Waals surface area contributed by atoms with Crippen LogP contribution in [0.15, 0.2) is 24.3 Å². The molecule has 0 radical (unpaired) electrons. The highest BCUT2D eigenvalue weighted by Gasteiger charge is 2.37. The predicted octanol–water partition coefficient (Wildman–Crippen LogP) is 3.30. The van der Waals surface area contributed by atoms with Gasteiger partial charge in [0.2, 0.25) is 5.91 Å². The fourth-order valence-electron chi connectivity index (χ4n) is 4.45. The van der Waals surface area contributed by atoms with Crippen LogP contribution in [0.3, 0.4) is 0 Å². The number of carbonyl (C=O) groups excluding carboxylic acids is 2. The summed E-state index contributed by atoms with van der Waals surface area (Å²) in [6.07, 6.45) is 5.66. The predicted molar refractivity (Wildman–Crippen MR) is 112 cm³/mol. The number of halogens is 1. The Morgan fingerprint density at radius 1 is 1.10 bits per heavy atom. The van der Waals surface area contributed by atoms with E-state index in [-0.39, 0.29) is 23.7 Å². The van der Waals surface area contributed by atoms with Crippen molar-refractivity contribution in [2.45, 2.75) is 52.0 Å². The average molecular weight is 404 g/mol. The molecule has 160 valence electrons. The molecule has 1 heterocycles. The van der Waals surface area contributed by atoms with E-state index in [1.54, 1.807) is 0 Å². The molecule has 1 N–H and O–H groups in total. The number of piperazine rings is 1. The van der Waals surface area contributed by atoms with Gasteiger partial charge < -0.3 is 10.2 Å². The summed E-state index contributed by atoms with van der Waals surface area (Å²) in [5, 5.41) is 3.18. The molecule has 2 atom stereocenters. The van der Waals surface area contributed by atoms with Crippen molar-refractivity contribution >= 4 is 11.8 Å². The Labute approximate surface area is 173 Å². The van der Waals surface area contributed by atoms with Crippen molar-refractivity contribution < 1.29 is 14.0 Å². The van der Waals surface area contributed by atoms with Crippen molar-refractivity contribution in [3.8, 4) is 0 Å². The van der Waals surface area contributed by atoms with Crippen molar-refractivity contribution in [3.63, 3.8) is 0 Å². The highest BCUT2D eigenvalue weighted by molar-refractivity contribution is 5.94. The SMILES string of the molecule is CCC(C)CNC(=O)C(C1CCCC1)N1CCN(C(=O)c2ccc(F)cc2)CC1. The molecule has 29 heavy (non-hydrogen) atoms. The summed E-state index contributed by atoms with van der Waals surface area (Å²) < 4.78 is 13.1. The first-order valence-corrected chi connectivity index (χ1v) is 11.1. The van der Waals surface area contributed by atoms with Crippen LogP contribution in [0, 0.1) is 17.7 Å². The minimum absolute atomic E-state index is 0.0664. The standard InChI is InChI=1S/C23H34FN3O2/c1-3-17(2)16-25-22(28)21(18-6-4-5-7-18)26-12-14-27(15-13-26)23(29)19-8-10-20(24)11-9-19/h8-11,17-18,21H,3-7,12-16H2,1-2H3,(H,25,28). The number of nitrogens with one attached hydrogen (secondary N) is 1. The van der Waals surface area contributed by atoms with Crippen molar-refractivity contribution in [2.75, 3.05) is 32.7 Å². The third kappa shape index (κ3) is 5.56. The lowest BCUT2D eigenvalue weighted by Crippen LogP contribution is -2.58. The molecule has 1 saturated carbocycles. The van der Waals surface area contributed by atoms with Crippen LogP contribution in [0.2, 0.25) is 0 Å². The molecule has 2 fully saturated rings. The highest BCUT2D eigenvalue weighted by atomic mass is 19.1. The first-order chi connectivity index (χ1) is 14.0. The van der Waals surface area contributed by atoms with E-state index in [1.165, 1.54) is 37.1 Å². The molecule has 1 aliphatic heterocycles. The van der Waals surface area contributed by atoms with Gasteiger partial charge in [-0.05, 0) is 48.9 Å². The Morgan fingerprint density at radius 3 is 2.31 bits per heavy atom. The zero-order chi connectivity index (χ0) is 20.8. The molecule has 0 aromatic heterocycles. The summed E-state index contributed by atoms with van der Waals surface area (Å²) in [5.41, 5.74) is 0.512. The van der Waals surface area contributed by atoms with Gasteiger partial charge in [0.05, 0.1) is 6.04 Å². The maximum Gasteiger partial charge on any atom is 0.253 e. The number of hydrogen-bond donors (Lipinski definition) is 1. The lowest BCUT2D eigenvalue weighted by molar-refractivity contribution is -0.129. The minimum atomic E-state index is -0.339. The van der Waals surface area contributed by atoms with E-state index in [0.29, 0.717) is 43.6 Å². The van der Waals surface area contributed by atoms with E-state index in [2.05, 4.69) is 24.1 Å². The Morgan fingerprint density at radius 2 is 1.72 bits per heavy atom. The van der Waals surface area contributed by atoms with E-state index in [9.17, 15) is 14.0 Å². The average Bonchev–Trinajstić information content (AvgIpc) is 3.27. The molecule has 6 heteroatoms. The first-order valence-electron chi connectivity index (χ1n) is 11.1. The molecule has 2 amide bonds. The second-order valence-corrected chi connectivity index (χ2v) is 8.58. The molecule has 0 bridgehead atoms. The van der Waals surface area contributed by atoms with Crippen molar-refractivity contribution in [2.24, 2.45) is 11.8 Å². The van der Waals surface area contributed by atoms with E-state index in [1.807, 2.05) is 4.90 Å². The largest absolute Gasteiger partial charge is 0.354 e. The minimum Gasteiger partial charge on any atom is -0.354 e. The normalized spacial score (nSPS) is 20.4. The van der Waals surface area contributed by atoms with Crippen LogP contribution < -0.4 is 5.32 Å². The summed E-state index contributed by atoms with van der Waals surface area (Å²) in [5.74, 6) is 0.632. The molecule has 2 aliphatic rings. The van der Waals surface area contributed by atoms with E-state index >= 15 is 0 Å². The quantitative estimate of drug-likeness (QED) is 0.760. The van der Waals surface area contributed by atoms with Crippen LogP contribution in [-0.2, 0) is 4.79 Å². The van der Waals surface area contributed by atoms with E-state index in [0.717, 1.165) is 25.8 Å². The third-order valence-electron chi connectivity index (χ3n) is 6.52. The summed E-state index contributed by atoms with van der Waals surface area (Å²) in [6, 6.07) is 5.62. The van der Waals surface area contributed by atoms with Gasteiger partial charge in [0, 0.05) is 38.3 Å². The monoisotopic (exact) mass is 403 g/mol. The van der Waals surface area contributed by atoms with Crippen LogP contribution in [0.1, 0.15) is 56.3 Å². The van der Waals surface area contributed by atoms with Gasteiger partial charge in [0.1, 0.15) is 5.82 Å². The fraction of sp³-hybridized carbons (Fsp3) is 0.652. The molecule has 5 nitrogen and oxygen atoms in total. The lowest BCUT2D eigenvalue weighted by atomic mass is 9.94. The Bertz CT molecular complexity index is 680.